The van der Waals surface area contributed by atoms with Crippen molar-refractivity contribution < 1.29 is 0 Å². The molecule has 1 heterocycles. The molecule has 1 aromatic heterocycles. The van der Waals surface area contributed by atoms with Gasteiger partial charge >= 0.3 is 0 Å². The second-order valence-corrected chi connectivity index (χ2v) is 9.06. The van der Waals surface area contributed by atoms with Crippen LogP contribution in [0.25, 0.3) is 0 Å². The third-order valence-corrected chi connectivity index (χ3v) is 7.05. The number of aryl methyl sites for hydroxylation is 1. The fourth-order valence-electron chi connectivity index (χ4n) is 4.73. The molecule has 2 saturated carbocycles. The minimum Gasteiger partial charge on any atom is -0.354 e. The number of nitrogens with zero attached hydrogens (tertiary/aromatic N) is 4. The lowest BCUT2D eigenvalue weighted by atomic mass is 9.78. The summed E-state index contributed by atoms with van der Waals surface area (Å²) < 4.78 is 2.02. The van der Waals surface area contributed by atoms with Gasteiger partial charge in [0.25, 0.3) is 0 Å². The standard InChI is InChI=1S/C22H40N6/c1-16(19-11-7-5-8-12-19)17(2)24-22(25-20-13-9-6-10-14-20)23-15-21-27-26-18(3)28(21)4/h16-17,19-20H,5-15H2,1-4H3,(H2,23,24,25). The number of rotatable bonds is 6. The first-order valence-electron chi connectivity index (χ1n) is 11.5. The summed E-state index contributed by atoms with van der Waals surface area (Å²) in [6.07, 6.45) is 13.5. The number of aliphatic imine (C=N–C) groups is 1. The van der Waals surface area contributed by atoms with E-state index in [0.29, 0.717) is 24.5 Å². The number of aromatic nitrogens is 3. The van der Waals surface area contributed by atoms with E-state index in [1.165, 1.54) is 64.2 Å². The van der Waals surface area contributed by atoms with Gasteiger partial charge in [-0.05, 0) is 38.5 Å². The van der Waals surface area contributed by atoms with Gasteiger partial charge in [0.15, 0.2) is 11.8 Å². The Morgan fingerprint density at radius 2 is 1.68 bits per heavy atom. The molecule has 0 amide bonds. The van der Waals surface area contributed by atoms with E-state index in [4.69, 9.17) is 4.99 Å². The van der Waals surface area contributed by atoms with Crippen LogP contribution >= 0.6 is 0 Å². The Labute approximate surface area is 171 Å². The summed E-state index contributed by atoms with van der Waals surface area (Å²) in [5.74, 6) is 4.29. The van der Waals surface area contributed by atoms with Crippen LogP contribution in [0.15, 0.2) is 4.99 Å². The van der Waals surface area contributed by atoms with Gasteiger partial charge in [-0.3, -0.25) is 0 Å². The molecule has 6 nitrogen and oxygen atoms in total. The maximum absolute atomic E-state index is 4.90. The molecule has 1 aromatic rings. The van der Waals surface area contributed by atoms with Gasteiger partial charge < -0.3 is 15.2 Å². The maximum Gasteiger partial charge on any atom is 0.192 e. The number of hydrogen-bond acceptors (Lipinski definition) is 3. The van der Waals surface area contributed by atoms with Crippen molar-refractivity contribution >= 4 is 5.96 Å². The smallest absolute Gasteiger partial charge is 0.192 e. The molecule has 2 aliphatic rings. The van der Waals surface area contributed by atoms with Gasteiger partial charge in [-0.15, -0.1) is 10.2 Å². The van der Waals surface area contributed by atoms with Crippen LogP contribution in [0.2, 0.25) is 0 Å². The molecule has 2 atom stereocenters. The largest absolute Gasteiger partial charge is 0.354 e. The molecule has 158 valence electrons. The topological polar surface area (TPSA) is 67.1 Å². The van der Waals surface area contributed by atoms with Gasteiger partial charge in [0, 0.05) is 19.1 Å². The highest BCUT2D eigenvalue weighted by atomic mass is 15.3. The zero-order valence-corrected chi connectivity index (χ0v) is 18.4. The summed E-state index contributed by atoms with van der Waals surface area (Å²) in [5, 5.41) is 15.9. The van der Waals surface area contributed by atoms with E-state index >= 15 is 0 Å². The fraction of sp³-hybridized carbons (Fsp3) is 0.864. The number of hydrogen-bond donors (Lipinski definition) is 2. The van der Waals surface area contributed by atoms with Gasteiger partial charge in [0.2, 0.25) is 0 Å². The average molecular weight is 389 g/mol. The first-order chi connectivity index (χ1) is 13.5. The lowest BCUT2D eigenvalue weighted by Crippen LogP contribution is -2.49. The SMILES string of the molecule is Cc1nnc(CN=C(NC2CCCCC2)NC(C)C(C)C2CCCCC2)n1C. The van der Waals surface area contributed by atoms with E-state index in [9.17, 15) is 0 Å². The Hall–Kier alpha value is -1.59. The third-order valence-electron chi connectivity index (χ3n) is 7.05. The van der Waals surface area contributed by atoms with Crippen LogP contribution in [-0.2, 0) is 13.6 Å². The number of guanidine groups is 1. The molecule has 0 spiro atoms. The van der Waals surface area contributed by atoms with Crippen molar-refractivity contribution in [3.05, 3.63) is 11.6 Å². The molecule has 2 aliphatic carbocycles. The van der Waals surface area contributed by atoms with Crippen molar-refractivity contribution in [1.82, 2.24) is 25.4 Å². The minimum atomic E-state index is 0.416. The molecule has 0 bridgehead atoms. The summed E-state index contributed by atoms with van der Waals surface area (Å²) in [7, 11) is 2.01. The zero-order valence-electron chi connectivity index (χ0n) is 18.4. The Balaban J connectivity index is 1.65. The normalized spacial score (nSPS) is 22.1. The van der Waals surface area contributed by atoms with E-state index in [1.807, 2.05) is 18.5 Å². The van der Waals surface area contributed by atoms with E-state index in [2.05, 4.69) is 34.7 Å². The van der Waals surface area contributed by atoms with Gasteiger partial charge in [-0.1, -0.05) is 58.3 Å². The molecule has 2 fully saturated rings. The second kappa shape index (κ2) is 10.3. The van der Waals surface area contributed by atoms with Gasteiger partial charge in [0.05, 0.1) is 0 Å². The predicted molar refractivity (Wildman–Crippen MR) is 115 cm³/mol. The van der Waals surface area contributed by atoms with Gasteiger partial charge in [-0.2, -0.15) is 0 Å². The summed E-state index contributed by atoms with van der Waals surface area (Å²) in [6, 6.07) is 0.956. The van der Waals surface area contributed by atoms with Crippen LogP contribution in [0.1, 0.15) is 89.7 Å². The first kappa shape index (κ1) is 21.1. The Kier molecular flexibility index (Phi) is 7.74. The molecule has 28 heavy (non-hydrogen) atoms. The highest BCUT2D eigenvalue weighted by Crippen LogP contribution is 2.31. The highest BCUT2D eigenvalue weighted by molar-refractivity contribution is 5.80. The average Bonchev–Trinajstić information content (AvgIpc) is 3.05. The summed E-state index contributed by atoms with van der Waals surface area (Å²) in [5.41, 5.74) is 0. The van der Waals surface area contributed by atoms with Crippen LogP contribution in [0.5, 0.6) is 0 Å². The molecule has 2 N–H and O–H groups in total. The fourth-order valence-corrected chi connectivity index (χ4v) is 4.73. The van der Waals surface area contributed by atoms with Crippen LogP contribution in [-0.4, -0.2) is 32.8 Å². The van der Waals surface area contributed by atoms with Crippen LogP contribution < -0.4 is 10.6 Å². The maximum atomic E-state index is 4.90. The Morgan fingerprint density at radius 3 is 2.29 bits per heavy atom. The van der Waals surface area contributed by atoms with E-state index in [0.717, 1.165) is 23.5 Å². The molecule has 0 radical (unpaired) electrons. The van der Waals surface area contributed by atoms with Crippen molar-refractivity contribution in [2.75, 3.05) is 0 Å². The molecule has 0 saturated heterocycles. The third kappa shape index (κ3) is 5.71. The zero-order chi connectivity index (χ0) is 19.9. The second-order valence-electron chi connectivity index (χ2n) is 9.06. The summed E-state index contributed by atoms with van der Waals surface area (Å²) in [6.45, 7) is 7.28. The molecule has 0 aromatic carbocycles. The lowest BCUT2D eigenvalue weighted by Gasteiger charge is -2.34. The van der Waals surface area contributed by atoms with E-state index in [-0.39, 0.29) is 0 Å². The van der Waals surface area contributed by atoms with Crippen molar-refractivity contribution in [3.63, 3.8) is 0 Å². The molecule has 2 unspecified atom stereocenters. The van der Waals surface area contributed by atoms with E-state index < -0.39 is 0 Å². The summed E-state index contributed by atoms with van der Waals surface area (Å²) in [4.78, 5) is 4.90. The molecule has 6 heteroatoms. The van der Waals surface area contributed by atoms with Crippen LogP contribution in [0, 0.1) is 18.8 Å². The van der Waals surface area contributed by atoms with Crippen molar-refractivity contribution in [1.29, 1.82) is 0 Å². The minimum absolute atomic E-state index is 0.416. The Bertz CT molecular complexity index is 625. The highest BCUT2D eigenvalue weighted by Gasteiger charge is 2.25. The quantitative estimate of drug-likeness (QED) is 0.569. The van der Waals surface area contributed by atoms with Gasteiger partial charge in [-0.25, -0.2) is 4.99 Å². The van der Waals surface area contributed by atoms with Gasteiger partial charge in [0.1, 0.15) is 12.4 Å². The first-order valence-corrected chi connectivity index (χ1v) is 11.5. The molecule has 0 aliphatic heterocycles. The van der Waals surface area contributed by atoms with E-state index in [1.54, 1.807) is 0 Å². The van der Waals surface area contributed by atoms with Crippen molar-refractivity contribution in [2.45, 2.75) is 104 Å². The van der Waals surface area contributed by atoms with Crippen LogP contribution in [0.3, 0.4) is 0 Å². The molecular weight excluding hydrogens is 348 g/mol. The lowest BCUT2D eigenvalue weighted by molar-refractivity contribution is 0.229. The number of nitrogens with one attached hydrogen (secondary N) is 2. The molecular formula is C22H40N6. The monoisotopic (exact) mass is 388 g/mol. The summed E-state index contributed by atoms with van der Waals surface area (Å²) >= 11 is 0. The Morgan fingerprint density at radius 1 is 1.04 bits per heavy atom. The van der Waals surface area contributed by atoms with Crippen molar-refractivity contribution in [3.8, 4) is 0 Å². The van der Waals surface area contributed by atoms with Crippen LogP contribution in [0.4, 0.5) is 0 Å². The predicted octanol–water partition coefficient (Wildman–Crippen LogP) is 4.10. The van der Waals surface area contributed by atoms with Crippen molar-refractivity contribution in [2.24, 2.45) is 23.9 Å². The molecule has 3 rings (SSSR count).